The molecule has 0 spiro atoms. The maximum absolute atomic E-state index is 12.4. The molecular formula is C15H15N3O3. The van der Waals surface area contributed by atoms with Crippen molar-refractivity contribution in [2.45, 2.75) is 6.61 Å². The van der Waals surface area contributed by atoms with Crippen LogP contribution in [0, 0.1) is 0 Å². The molecule has 0 fully saturated rings. The second-order valence-corrected chi connectivity index (χ2v) is 4.67. The number of aryl methyl sites for hydroxylation is 1. The maximum Gasteiger partial charge on any atom is 0.292 e. The van der Waals surface area contributed by atoms with E-state index in [-0.39, 0.29) is 11.7 Å². The van der Waals surface area contributed by atoms with Crippen molar-refractivity contribution in [2.24, 2.45) is 7.05 Å². The van der Waals surface area contributed by atoms with Crippen LogP contribution in [0.15, 0.2) is 40.9 Å². The molecule has 0 bridgehead atoms. The molecule has 1 N–H and O–H groups in total. The third-order valence-electron chi connectivity index (χ3n) is 3.15. The predicted molar refractivity (Wildman–Crippen MR) is 78.1 cm³/mol. The van der Waals surface area contributed by atoms with Gasteiger partial charge in [0, 0.05) is 37.4 Å². The van der Waals surface area contributed by atoms with Crippen LogP contribution in [-0.4, -0.2) is 22.8 Å². The number of carbonyl (C=O) groups is 1. The van der Waals surface area contributed by atoms with Crippen molar-refractivity contribution in [1.29, 1.82) is 0 Å². The highest BCUT2D eigenvalue weighted by Crippen LogP contribution is 2.27. The number of carbonyl (C=O) groups excluding carboxylic acids is 1. The van der Waals surface area contributed by atoms with E-state index in [4.69, 9.17) is 9.15 Å². The average molecular weight is 285 g/mol. The molecule has 0 aliphatic heterocycles. The minimum absolute atomic E-state index is 0.253. The number of hydrogen-bond donors (Lipinski definition) is 1. The number of benzene rings is 1. The van der Waals surface area contributed by atoms with Gasteiger partial charge < -0.3 is 14.5 Å². The molecule has 0 aliphatic rings. The first-order chi connectivity index (χ1) is 10.2. The lowest BCUT2D eigenvalue weighted by molar-refractivity contribution is 0.0991. The number of aromatic nitrogens is 2. The van der Waals surface area contributed by atoms with E-state index in [1.54, 1.807) is 31.1 Å². The number of anilines is 1. The number of rotatable bonds is 4. The SMILES string of the molecule is COCc1c(C(=O)Nc2ccn(C)n2)oc2ccccc12. The Hall–Kier alpha value is -2.60. The molecule has 1 aromatic carbocycles. The van der Waals surface area contributed by atoms with Crippen molar-refractivity contribution >= 4 is 22.7 Å². The molecule has 6 nitrogen and oxygen atoms in total. The molecule has 108 valence electrons. The summed E-state index contributed by atoms with van der Waals surface area (Å²) in [7, 11) is 3.37. The molecule has 1 amide bonds. The minimum atomic E-state index is -0.336. The van der Waals surface area contributed by atoms with E-state index < -0.39 is 0 Å². The molecule has 3 aromatic rings. The summed E-state index contributed by atoms with van der Waals surface area (Å²) in [5.74, 6) is 0.395. The van der Waals surface area contributed by atoms with Crippen molar-refractivity contribution in [3.63, 3.8) is 0 Å². The fourth-order valence-electron chi connectivity index (χ4n) is 2.22. The van der Waals surface area contributed by atoms with Crippen molar-refractivity contribution in [3.05, 3.63) is 47.9 Å². The lowest BCUT2D eigenvalue weighted by Crippen LogP contribution is -2.13. The van der Waals surface area contributed by atoms with Gasteiger partial charge in [-0.15, -0.1) is 0 Å². The normalized spacial score (nSPS) is 11.0. The van der Waals surface area contributed by atoms with E-state index in [0.717, 1.165) is 10.9 Å². The number of nitrogens with one attached hydrogen (secondary N) is 1. The zero-order chi connectivity index (χ0) is 14.8. The Kier molecular flexibility index (Phi) is 3.45. The first-order valence-electron chi connectivity index (χ1n) is 6.49. The van der Waals surface area contributed by atoms with Gasteiger partial charge in [0.1, 0.15) is 5.58 Å². The van der Waals surface area contributed by atoms with Gasteiger partial charge in [-0.05, 0) is 6.07 Å². The zero-order valence-electron chi connectivity index (χ0n) is 11.8. The average Bonchev–Trinajstić information content (AvgIpc) is 3.04. The second kappa shape index (κ2) is 5.41. The topological polar surface area (TPSA) is 69.3 Å². The summed E-state index contributed by atoms with van der Waals surface area (Å²) >= 11 is 0. The summed E-state index contributed by atoms with van der Waals surface area (Å²) in [5, 5.41) is 7.72. The zero-order valence-corrected chi connectivity index (χ0v) is 11.8. The highest BCUT2D eigenvalue weighted by atomic mass is 16.5. The second-order valence-electron chi connectivity index (χ2n) is 4.67. The Morgan fingerprint density at radius 2 is 2.19 bits per heavy atom. The van der Waals surface area contributed by atoms with Crippen LogP contribution < -0.4 is 5.32 Å². The highest BCUT2D eigenvalue weighted by molar-refractivity contribution is 6.06. The van der Waals surface area contributed by atoms with Crippen molar-refractivity contribution in [1.82, 2.24) is 9.78 Å². The van der Waals surface area contributed by atoms with E-state index in [0.29, 0.717) is 18.0 Å². The third-order valence-corrected chi connectivity index (χ3v) is 3.15. The molecule has 3 rings (SSSR count). The molecule has 0 radical (unpaired) electrons. The minimum Gasteiger partial charge on any atom is -0.451 e. The van der Waals surface area contributed by atoms with Crippen LogP contribution in [0.3, 0.4) is 0 Å². The number of nitrogens with zero attached hydrogens (tertiary/aromatic N) is 2. The summed E-state index contributed by atoms with van der Waals surface area (Å²) in [6.45, 7) is 0.308. The van der Waals surface area contributed by atoms with Crippen molar-refractivity contribution < 1.29 is 13.9 Å². The molecule has 21 heavy (non-hydrogen) atoms. The quantitative estimate of drug-likeness (QED) is 0.800. The first-order valence-corrected chi connectivity index (χ1v) is 6.49. The molecule has 2 aromatic heterocycles. The van der Waals surface area contributed by atoms with Gasteiger partial charge in [-0.25, -0.2) is 0 Å². The van der Waals surface area contributed by atoms with Crippen LogP contribution in [-0.2, 0) is 18.4 Å². The van der Waals surface area contributed by atoms with E-state index in [9.17, 15) is 4.79 Å². The Balaban J connectivity index is 1.98. The van der Waals surface area contributed by atoms with Crippen LogP contribution in [0.4, 0.5) is 5.82 Å². The lowest BCUT2D eigenvalue weighted by atomic mass is 10.1. The Morgan fingerprint density at radius 3 is 2.90 bits per heavy atom. The van der Waals surface area contributed by atoms with Crippen molar-refractivity contribution in [3.8, 4) is 0 Å². The Morgan fingerprint density at radius 1 is 1.38 bits per heavy atom. The lowest BCUT2D eigenvalue weighted by Gasteiger charge is -2.02. The highest BCUT2D eigenvalue weighted by Gasteiger charge is 2.20. The van der Waals surface area contributed by atoms with Gasteiger partial charge in [0.2, 0.25) is 0 Å². The largest absolute Gasteiger partial charge is 0.451 e. The number of hydrogen-bond acceptors (Lipinski definition) is 4. The van der Waals surface area contributed by atoms with E-state index in [2.05, 4.69) is 10.4 Å². The van der Waals surface area contributed by atoms with Gasteiger partial charge in [-0.1, -0.05) is 18.2 Å². The van der Waals surface area contributed by atoms with E-state index in [1.165, 1.54) is 0 Å². The smallest absolute Gasteiger partial charge is 0.292 e. The Labute approximate surface area is 121 Å². The Bertz CT molecular complexity index is 788. The first kappa shape index (κ1) is 13.4. The number of furan rings is 1. The van der Waals surface area contributed by atoms with Gasteiger partial charge in [-0.2, -0.15) is 5.10 Å². The van der Waals surface area contributed by atoms with E-state index >= 15 is 0 Å². The summed E-state index contributed by atoms with van der Waals surface area (Å²) < 4.78 is 12.5. The van der Waals surface area contributed by atoms with Gasteiger partial charge in [0.05, 0.1) is 6.61 Å². The monoisotopic (exact) mass is 285 g/mol. The number of amides is 1. The number of ether oxygens (including phenoxy) is 1. The molecule has 0 atom stereocenters. The summed E-state index contributed by atoms with van der Waals surface area (Å²) in [6, 6.07) is 9.22. The fraction of sp³-hybridized carbons (Fsp3) is 0.200. The summed E-state index contributed by atoms with van der Waals surface area (Å²) in [5.41, 5.74) is 1.40. The maximum atomic E-state index is 12.4. The number of para-hydroxylation sites is 1. The molecule has 6 heteroatoms. The molecule has 0 unspecified atom stereocenters. The number of fused-ring (bicyclic) bond motifs is 1. The third kappa shape index (κ3) is 2.53. The van der Waals surface area contributed by atoms with Crippen LogP contribution >= 0.6 is 0 Å². The van der Waals surface area contributed by atoms with Crippen LogP contribution in [0.2, 0.25) is 0 Å². The molecule has 0 aliphatic carbocycles. The summed E-state index contributed by atoms with van der Waals surface area (Å²) in [4.78, 5) is 12.4. The molecule has 0 saturated heterocycles. The number of methoxy groups -OCH3 is 1. The predicted octanol–water partition coefficient (Wildman–Crippen LogP) is 2.57. The van der Waals surface area contributed by atoms with Gasteiger partial charge in [0.25, 0.3) is 5.91 Å². The molecular weight excluding hydrogens is 270 g/mol. The van der Waals surface area contributed by atoms with Crippen LogP contribution in [0.5, 0.6) is 0 Å². The van der Waals surface area contributed by atoms with E-state index in [1.807, 2.05) is 24.3 Å². The molecule has 2 heterocycles. The van der Waals surface area contributed by atoms with Gasteiger partial charge in [-0.3, -0.25) is 9.48 Å². The van der Waals surface area contributed by atoms with Gasteiger partial charge >= 0.3 is 0 Å². The van der Waals surface area contributed by atoms with Gasteiger partial charge in [0.15, 0.2) is 11.6 Å². The fourth-order valence-corrected chi connectivity index (χ4v) is 2.22. The standard InChI is InChI=1S/C15H15N3O3/c1-18-8-7-13(17-18)16-15(19)14-11(9-20-2)10-5-3-4-6-12(10)21-14/h3-8H,9H2,1-2H3,(H,16,17,19). The molecule has 0 saturated carbocycles. The van der Waals surface area contributed by atoms with Crippen molar-refractivity contribution in [2.75, 3.05) is 12.4 Å². The van der Waals surface area contributed by atoms with Crippen LogP contribution in [0.25, 0.3) is 11.0 Å². The summed E-state index contributed by atoms with van der Waals surface area (Å²) in [6.07, 6.45) is 1.75. The van der Waals surface area contributed by atoms with Crippen LogP contribution in [0.1, 0.15) is 16.1 Å².